The van der Waals surface area contributed by atoms with E-state index in [4.69, 9.17) is 5.11 Å². The second-order valence-corrected chi connectivity index (χ2v) is 3.50. The average molecular weight is 216 g/mol. The molecule has 1 aromatic heterocycles. The molecule has 0 saturated carbocycles. The van der Waals surface area contributed by atoms with Gasteiger partial charge in [0.1, 0.15) is 0 Å². The van der Waals surface area contributed by atoms with Crippen molar-refractivity contribution >= 4 is 22.6 Å². The van der Waals surface area contributed by atoms with Crippen molar-refractivity contribution in [2.75, 3.05) is 12.4 Å². The van der Waals surface area contributed by atoms with Gasteiger partial charge in [-0.25, -0.2) is 0 Å². The predicted octanol–water partition coefficient (Wildman–Crippen LogP) is 1.90. The smallest absolute Gasteiger partial charge is 0.309 e. The molecule has 4 heteroatoms. The van der Waals surface area contributed by atoms with Gasteiger partial charge in [-0.2, -0.15) is 0 Å². The lowest BCUT2D eigenvalue weighted by Gasteiger charge is -2.07. The predicted molar refractivity (Wildman–Crippen MR) is 62.6 cm³/mol. The Hall–Kier alpha value is -2.10. The van der Waals surface area contributed by atoms with Crippen LogP contribution in [0, 0.1) is 0 Å². The quantitative estimate of drug-likeness (QED) is 0.822. The minimum Gasteiger partial charge on any atom is -0.481 e. The van der Waals surface area contributed by atoms with Crippen molar-refractivity contribution in [1.29, 1.82) is 0 Å². The summed E-state index contributed by atoms with van der Waals surface area (Å²) in [5, 5.41) is 12.8. The van der Waals surface area contributed by atoms with Crippen LogP contribution in [0.1, 0.15) is 5.69 Å². The molecule has 0 bridgehead atoms. The Morgan fingerprint density at radius 3 is 2.88 bits per heavy atom. The maximum Gasteiger partial charge on any atom is 0.309 e. The number of aliphatic carboxylic acids is 1. The zero-order chi connectivity index (χ0) is 11.5. The SMILES string of the molecule is CNc1cc(CC(=O)O)nc2ccccc12. The van der Waals surface area contributed by atoms with E-state index in [1.54, 1.807) is 6.07 Å². The molecule has 1 heterocycles. The number of fused-ring (bicyclic) bond motifs is 1. The van der Waals surface area contributed by atoms with Gasteiger partial charge in [-0.05, 0) is 12.1 Å². The van der Waals surface area contributed by atoms with E-state index >= 15 is 0 Å². The van der Waals surface area contributed by atoms with Crippen LogP contribution in [0.15, 0.2) is 30.3 Å². The van der Waals surface area contributed by atoms with E-state index in [2.05, 4.69) is 10.3 Å². The largest absolute Gasteiger partial charge is 0.481 e. The summed E-state index contributed by atoms with van der Waals surface area (Å²) in [4.78, 5) is 14.9. The molecular weight excluding hydrogens is 204 g/mol. The lowest BCUT2D eigenvalue weighted by atomic mass is 10.1. The first-order chi connectivity index (χ1) is 7.70. The summed E-state index contributed by atoms with van der Waals surface area (Å²) in [6.07, 6.45) is -0.0560. The number of nitrogens with zero attached hydrogens (tertiary/aromatic N) is 1. The van der Waals surface area contributed by atoms with Crippen molar-refractivity contribution < 1.29 is 9.90 Å². The molecule has 0 radical (unpaired) electrons. The second-order valence-electron chi connectivity index (χ2n) is 3.50. The van der Waals surface area contributed by atoms with Crippen LogP contribution in [0.4, 0.5) is 5.69 Å². The van der Waals surface area contributed by atoms with E-state index in [-0.39, 0.29) is 6.42 Å². The normalized spacial score (nSPS) is 10.3. The van der Waals surface area contributed by atoms with Gasteiger partial charge in [-0.1, -0.05) is 18.2 Å². The van der Waals surface area contributed by atoms with E-state index < -0.39 is 5.97 Å². The van der Waals surface area contributed by atoms with E-state index in [9.17, 15) is 4.79 Å². The van der Waals surface area contributed by atoms with Crippen molar-refractivity contribution in [1.82, 2.24) is 4.98 Å². The van der Waals surface area contributed by atoms with Gasteiger partial charge in [0.15, 0.2) is 0 Å². The molecule has 0 aliphatic rings. The first-order valence-electron chi connectivity index (χ1n) is 4.99. The molecule has 0 atom stereocenters. The van der Waals surface area contributed by atoms with E-state index in [0.717, 1.165) is 16.6 Å². The number of rotatable bonds is 3. The highest BCUT2D eigenvalue weighted by Gasteiger charge is 2.07. The van der Waals surface area contributed by atoms with Gasteiger partial charge in [-0.3, -0.25) is 9.78 Å². The van der Waals surface area contributed by atoms with Crippen molar-refractivity contribution in [3.63, 3.8) is 0 Å². The Balaban J connectivity index is 2.58. The van der Waals surface area contributed by atoms with Gasteiger partial charge in [0.05, 0.1) is 17.6 Å². The third kappa shape index (κ3) is 1.95. The van der Waals surface area contributed by atoms with Crippen LogP contribution in [-0.4, -0.2) is 23.1 Å². The topological polar surface area (TPSA) is 62.2 Å². The van der Waals surface area contributed by atoms with Gasteiger partial charge in [0.2, 0.25) is 0 Å². The van der Waals surface area contributed by atoms with Gasteiger partial charge < -0.3 is 10.4 Å². The zero-order valence-corrected chi connectivity index (χ0v) is 8.90. The molecule has 4 nitrogen and oxygen atoms in total. The van der Waals surface area contributed by atoms with Gasteiger partial charge in [-0.15, -0.1) is 0 Å². The Morgan fingerprint density at radius 2 is 2.19 bits per heavy atom. The summed E-state index contributed by atoms with van der Waals surface area (Å²) >= 11 is 0. The molecule has 1 aromatic carbocycles. The van der Waals surface area contributed by atoms with Crippen molar-refractivity contribution in [2.45, 2.75) is 6.42 Å². The number of carboxylic acids is 1. The second kappa shape index (κ2) is 4.18. The molecule has 0 amide bonds. The first kappa shape index (κ1) is 10.4. The monoisotopic (exact) mass is 216 g/mol. The maximum atomic E-state index is 10.6. The van der Waals surface area contributed by atoms with Gasteiger partial charge in [0.25, 0.3) is 0 Å². The van der Waals surface area contributed by atoms with Crippen LogP contribution in [0.25, 0.3) is 10.9 Å². The van der Waals surface area contributed by atoms with Gasteiger partial charge >= 0.3 is 5.97 Å². The summed E-state index contributed by atoms with van der Waals surface area (Å²) in [6.45, 7) is 0. The summed E-state index contributed by atoms with van der Waals surface area (Å²) in [5.41, 5.74) is 2.28. The van der Waals surface area contributed by atoms with E-state index in [0.29, 0.717) is 5.69 Å². The third-order valence-corrected chi connectivity index (χ3v) is 2.37. The number of aromatic nitrogens is 1. The van der Waals surface area contributed by atoms with Crippen LogP contribution >= 0.6 is 0 Å². The highest BCUT2D eigenvalue weighted by molar-refractivity contribution is 5.91. The lowest BCUT2D eigenvalue weighted by Crippen LogP contribution is -2.03. The fourth-order valence-corrected chi connectivity index (χ4v) is 1.68. The fourth-order valence-electron chi connectivity index (χ4n) is 1.68. The molecule has 0 fully saturated rings. The number of pyridine rings is 1. The number of para-hydroxylation sites is 1. The molecule has 82 valence electrons. The number of anilines is 1. The summed E-state index contributed by atoms with van der Waals surface area (Å²) in [7, 11) is 1.81. The number of hydrogen-bond donors (Lipinski definition) is 2. The standard InChI is InChI=1S/C12H12N2O2/c1-13-11-6-8(7-12(15)16)14-10-5-3-2-4-9(10)11/h2-6H,7H2,1H3,(H,13,14)(H,15,16). The maximum absolute atomic E-state index is 10.6. The Morgan fingerprint density at radius 1 is 1.44 bits per heavy atom. The Labute approximate surface area is 92.9 Å². The number of hydrogen-bond acceptors (Lipinski definition) is 3. The van der Waals surface area contributed by atoms with Crippen LogP contribution in [0.2, 0.25) is 0 Å². The first-order valence-corrected chi connectivity index (χ1v) is 4.99. The molecular formula is C12H12N2O2. The minimum atomic E-state index is -0.871. The summed E-state index contributed by atoms with van der Waals surface area (Å²) in [6, 6.07) is 9.43. The van der Waals surface area contributed by atoms with Crippen LogP contribution in [-0.2, 0) is 11.2 Å². The molecule has 0 saturated heterocycles. The van der Waals surface area contributed by atoms with Crippen LogP contribution < -0.4 is 5.32 Å². The zero-order valence-electron chi connectivity index (χ0n) is 8.90. The molecule has 0 spiro atoms. The van der Waals surface area contributed by atoms with Crippen molar-refractivity contribution in [2.24, 2.45) is 0 Å². The molecule has 0 aliphatic heterocycles. The van der Waals surface area contributed by atoms with Crippen molar-refractivity contribution in [3.8, 4) is 0 Å². The lowest BCUT2D eigenvalue weighted by molar-refractivity contribution is -0.136. The Kier molecular flexibility index (Phi) is 2.72. The number of benzene rings is 1. The van der Waals surface area contributed by atoms with Crippen molar-refractivity contribution in [3.05, 3.63) is 36.0 Å². The summed E-state index contributed by atoms with van der Waals surface area (Å²) in [5.74, 6) is -0.871. The molecule has 2 aromatic rings. The average Bonchev–Trinajstić information content (AvgIpc) is 2.27. The number of carboxylic acid groups (broad SMARTS) is 1. The van der Waals surface area contributed by atoms with E-state index in [1.807, 2.05) is 31.3 Å². The highest BCUT2D eigenvalue weighted by atomic mass is 16.4. The molecule has 0 aliphatic carbocycles. The molecule has 2 N–H and O–H groups in total. The minimum absolute atomic E-state index is 0.0560. The van der Waals surface area contributed by atoms with E-state index in [1.165, 1.54) is 0 Å². The summed E-state index contributed by atoms with van der Waals surface area (Å²) < 4.78 is 0. The molecule has 16 heavy (non-hydrogen) atoms. The van der Waals surface area contributed by atoms with Crippen LogP contribution in [0.3, 0.4) is 0 Å². The highest BCUT2D eigenvalue weighted by Crippen LogP contribution is 2.22. The van der Waals surface area contributed by atoms with Gasteiger partial charge in [0, 0.05) is 18.1 Å². The molecule has 0 unspecified atom stereocenters. The molecule has 2 rings (SSSR count). The third-order valence-electron chi connectivity index (χ3n) is 2.37. The van der Waals surface area contributed by atoms with Crippen LogP contribution in [0.5, 0.6) is 0 Å². The fraction of sp³-hybridized carbons (Fsp3) is 0.167. The Bertz CT molecular complexity index is 538. The number of nitrogens with one attached hydrogen (secondary N) is 1. The number of carbonyl (C=O) groups is 1.